The highest BCUT2D eigenvalue weighted by molar-refractivity contribution is 7.80. The van der Waals surface area contributed by atoms with Gasteiger partial charge in [0.1, 0.15) is 0 Å². The third-order valence-electron chi connectivity index (χ3n) is 3.32. The maximum atomic E-state index is 6.20. The molecule has 1 fully saturated rings. The van der Waals surface area contributed by atoms with Crippen molar-refractivity contribution in [3.05, 3.63) is 33.8 Å². The molecule has 1 aromatic rings. The van der Waals surface area contributed by atoms with E-state index in [1.54, 1.807) is 0 Å². The Bertz CT molecular complexity index is 439. The van der Waals surface area contributed by atoms with Crippen LogP contribution >= 0.6 is 35.4 Å². The van der Waals surface area contributed by atoms with Crippen molar-refractivity contribution in [2.45, 2.75) is 6.54 Å². The standard InChI is InChI=1S/C13H17Cl2N3S/c1-16-13(19)18-7-5-17(6-8-18)9-10-11(14)3-2-4-12(10)15/h2-4H,5-9H2,1H3,(H,16,19). The van der Waals surface area contributed by atoms with E-state index in [-0.39, 0.29) is 0 Å². The van der Waals surface area contributed by atoms with E-state index in [2.05, 4.69) is 15.1 Å². The average molecular weight is 318 g/mol. The van der Waals surface area contributed by atoms with Crippen LogP contribution in [0.5, 0.6) is 0 Å². The number of hydrogen-bond donors (Lipinski definition) is 1. The molecule has 1 saturated heterocycles. The van der Waals surface area contributed by atoms with Gasteiger partial charge in [-0.2, -0.15) is 0 Å². The lowest BCUT2D eigenvalue weighted by Crippen LogP contribution is -2.50. The van der Waals surface area contributed by atoms with E-state index in [0.717, 1.165) is 53.4 Å². The third kappa shape index (κ3) is 3.72. The fourth-order valence-electron chi connectivity index (χ4n) is 2.17. The Labute approximate surface area is 129 Å². The lowest BCUT2D eigenvalue weighted by molar-refractivity contribution is 0.175. The zero-order valence-electron chi connectivity index (χ0n) is 10.8. The van der Waals surface area contributed by atoms with Gasteiger partial charge in [-0.15, -0.1) is 0 Å². The summed E-state index contributed by atoms with van der Waals surface area (Å²) in [7, 11) is 1.86. The van der Waals surface area contributed by atoms with Crippen LogP contribution in [0, 0.1) is 0 Å². The summed E-state index contributed by atoms with van der Waals surface area (Å²) in [6.07, 6.45) is 0. The Hall–Kier alpha value is -0.550. The van der Waals surface area contributed by atoms with E-state index in [1.165, 1.54) is 0 Å². The highest BCUT2D eigenvalue weighted by Crippen LogP contribution is 2.25. The topological polar surface area (TPSA) is 18.5 Å². The number of rotatable bonds is 2. The molecule has 0 amide bonds. The van der Waals surface area contributed by atoms with Crippen molar-refractivity contribution in [3.8, 4) is 0 Å². The van der Waals surface area contributed by atoms with Gasteiger partial charge in [0, 0.05) is 55.4 Å². The van der Waals surface area contributed by atoms with E-state index >= 15 is 0 Å². The molecule has 1 aliphatic heterocycles. The predicted octanol–water partition coefficient (Wildman–Crippen LogP) is 2.62. The number of hydrogen-bond acceptors (Lipinski definition) is 2. The Morgan fingerprint density at radius 1 is 1.21 bits per heavy atom. The van der Waals surface area contributed by atoms with Gasteiger partial charge >= 0.3 is 0 Å². The van der Waals surface area contributed by atoms with Gasteiger partial charge in [-0.3, -0.25) is 4.90 Å². The van der Waals surface area contributed by atoms with Crippen LogP contribution in [0.25, 0.3) is 0 Å². The van der Waals surface area contributed by atoms with Gasteiger partial charge in [0.2, 0.25) is 0 Å². The van der Waals surface area contributed by atoms with E-state index in [9.17, 15) is 0 Å². The SMILES string of the molecule is CNC(=S)N1CCN(Cc2c(Cl)cccc2Cl)CC1. The zero-order valence-corrected chi connectivity index (χ0v) is 13.2. The van der Waals surface area contributed by atoms with Crippen LogP contribution < -0.4 is 5.32 Å². The van der Waals surface area contributed by atoms with Crippen LogP contribution in [-0.4, -0.2) is 48.1 Å². The minimum atomic E-state index is 0.737. The number of nitrogens with zero attached hydrogens (tertiary/aromatic N) is 2. The van der Waals surface area contributed by atoms with Crippen molar-refractivity contribution >= 4 is 40.5 Å². The molecule has 1 aromatic carbocycles. The molecular formula is C13H17Cl2N3S. The molecule has 1 heterocycles. The van der Waals surface area contributed by atoms with Gasteiger partial charge in [0.25, 0.3) is 0 Å². The van der Waals surface area contributed by atoms with E-state index in [0.29, 0.717) is 0 Å². The second kappa shape index (κ2) is 6.75. The summed E-state index contributed by atoms with van der Waals surface area (Å²) < 4.78 is 0. The minimum Gasteiger partial charge on any atom is -0.366 e. The van der Waals surface area contributed by atoms with Crippen molar-refractivity contribution in [1.82, 2.24) is 15.1 Å². The van der Waals surface area contributed by atoms with Crippen molar-refractivity contribution in [3.63, 3.8) is 0 Å². The van der Waals surface area contributed by atoms with E-state index in [1.807, 2.05) is 25.2 Å². The normalized spacial score (nSPS) is 16.5. The Balaban J connectivity index is 1.94. The van der Waals surface area contributed by atoms with Crippen LogP contribution in [-0.2, 0) is 6.54 Å². The molecule has 1 aliphatic rings. The minimum absolute atomic E-state index is 0.737. The van der Waals surface area contributed by atoms with Gasteiger partial charge < -0.3 is 10.2 Å². The maximum Gasteiger partial charge on any atom is 0.168 e. The summed E-state index contributed by atoms with van der Waals surface area (Å²) in [5.41, 5.74) is 1.01. The number of thiocarbonyl (C=S) groups is 1. The number of benzene rings is 1. The Morgan fingerprint density at radius 2 is 1.79 bits per heavy atom. The largest absolute Gasteiger partial charge is 0.366 e. The summed E-state index contributed by atoms with van der Waals surface area (Å²) in [6, 6.07) is 5.64. The second-order valence-corrected chi connectivity index (χ2v) is 5.72. The first-order chi connectivity index (χ1) is 9.11. The third-order valence-corrected chi connectivity index (χ3v) is 4.49. The number of piperazine rings is 1. The van der Waals surface area contributed by atoms with Gasteiger partial charge in [-0.05, 0) is 24.4 Å². The van der Waals surface area contributed by atoms with Crippen LogP contribution in [0.3, 0.4) is 0 Å². The molecule has 0 saturated carbocycles. The number of nitrogens with one attached hydrogen (secondary N) is 1. The van der Waals surface area contributed by atoms with Crippen LogP contribution in [0.4, 0.5) is 0 Å². The van der Waals surface area contributed by atoms with Gasteiger partial charge in [-0.25, -0.2) is 0 Å². The monoisotopic (exact) mass is 317 g/mol. The first-order valence-electron chi connectivity index (χ1n) is 6.23. The molecular weight excluding hydrogens is 301 g/mol. The summed E-state index contributed by atoms with van der Waals surface area (Å²) in [6.45, 7) is 4.58. The molecule has 0 radical (unpaired) electrons. The lowest BCUT2D eigenvalue weighted by atomic mass is 10.2. The second-order valence-electron chi connectivity index (χ2n) is 4.52. The fraction of sp³-hybridized carbons (Fsp3) is 0.462. The Kier molecular flexibility index (Phi) is 5.28. The smallest absolute Gasteiger partial charge is 0.168 e. The average Bonchev–Trinajstić information content (AvgIpc) is 2.43. The molecule has 0 spiro atoms. The molecule has 3 nitrogen and oxygen atoms in total. The molecule has 0 bridgehead atoms. The molecule has 0 aliphatic carbocycles. The molecule has 0 aromatic heterocycles. The highest BCUT2D eigenvalue weighted by Gasteiger charge is 2.19. The van der Waals surface area contributed by atoms with Crippen LogP contribution in [0.15, 0.2) is 18.2 Å². The molecule has 2 rings (SSSR count). The summed E-state index contributed by atoms with van der Waals surface area (Å²) in [5, 5.41) is 5.30. The molecule has 0 atom stereocenters. The first-order valence-corrected chi connectivity index (χ1v) is 7.40. The van der Waals surface area contributed by atoms with Crippen LogP contribution in [0.2, 0.25) is 10.0 Å². The van der Waals surface area contributed by atoms with Crippen LogP contribution in [0.1, 0.15) is 5.56 Å². The van der Waals surface area contributed by atoms with Gasteiger partial charge in [0.15, 0.2) is 5.11 Å². The number of halogens is 2. The predicted molar refractivity (Wildman–Crippen MR) is 85.0 cm³/mol. The van der Waals surface area contributed by atoms with Gasteiger partial charge in [-0.1, -0.05) is 29.3 Å². The first kappa shape index (κ1) is 14.9. The van der Waals surface area contributed by atoms with Crippen molar-refractivity contribution in [2.75, 3.05) is 33.2 Å². The van der Waals surface area contributed by atoms with Gasteiger partial charge in [0.05, 0.1) is 0 Å². The Morgan fingerprint density at radius 3 is 2.32 bits per heavy atom. The van der Waals surface area contributed by atoms with Crippen molar-refractivity contribution in [2.24, 2.45) is 0 Å². The lowest BCUT2D eigenvalue weighted by Gasteiger charge is -2.36. The molecule has 1 N–H and O–H groups in total. The quantitative estimate of drug-likeness (QED) is 0.845. The summed E-state index contributed by atoms with van der Waals surface area (Å²) in [4.78, 5) is 4.53. The summed E-state index contributed by atoms with van der Waals surface area (Å²) in [5.74, 6) is 0. The molecule has 19 heavy (non-hydrogen) atoms. The zero-order chi connectivity index (χ0) is 13.8. The highest BCUT2D eigenvalue weighted by atomic mass is 35.5. The van der Waals surface area contributed by atoms with E-state index in [4.69, 9.17) is 35.4 Å². The van der Waals surface area contributed by atoms with E-state index < -0.39 is 0 Å². The molecule has 0 unspecified atom stereocenters. The molecule has 6 heteroatoms. The fourth-order valence-corrected chi connectivity index (χ4v) is 2.87. The summed E-state index contributed by atoms with van der Waals surface area (Å²) >= 11 is 17.6. The van der Waals surface area contributed by atoms with Crippen molar-refractivity contribution < 1.29 is 0 Å². The molecule has 104 valence electrons. The maximum absolute atomic E-state index is 6.20. The van der Waals surface area contributed by atoms with Crippen molar-refractivity contribution in [1.29, 1.82) is 0 Å².